The number of aromatic nitrogens is 2. The number of ether oxygens (including phenoxy) is 1. The molecule has 1 heterocycles. The van der Waals surface area contributed by atoms with Crippen LogP contribution in [0.15, 0.2) is 35.1 Å². The summed E-state index contributed by atoms with van der Waals surface area (Å²) < 4.78 is 6.32. The first-order valence-corrected chi connectivity index (χ1v) is 5.52. The first kappa shape index (κ1) is 11.2. The molecule has 0 atom stereocenters. The fourth-order valence-electron chi connectivity index (χ4n) is 1.05. The Morgan fingerprint density at radius 1 is 1.25 bits per heavy atom. The van der Waals surface area contributed by atoms with Crippen molar-refractivity contribution < 1.29 is 4.74 Å². The standard InChI is InChI=1S/C10H7BrClN3O/c11-6-1-2-7(12)8(3-6)16-10-5-14-9(13)4-15-10/h1-5H,(H2,13,14). The molecule has 1 aromatic heterocycles. The monoisotopic (exact) mass is 299 g/mol. The van der Waals surface area contributed by atoms with E-state index in [1.807, 2.05) is 6.07 Å². The molecular formula is C10H7BrClN3O. The zero-order chi connectivity index (χ0) is 11.5. The summed E-state index contributed by atoms with van der Waals surface area (Å²) in [6.07, 6.45) is 2.85. The molecule has 2 aromatic rings. The Bertz CT molecular complexity index is 504. The highest BCUT2D eigenvalue weighted by atomic mass is 79.9. The van der Waals surface area contributed by atoms with Gasteiger partial charge in [-0.05, 0) is 18.2 Å². The third-order valence-corrected chi connectivity index (χ3v) is 2.56. The van der Waals surface area contributed by atoms with Crippen molar-refractivity contribution in [2.24, 2.45) is 0 Å². The molecule has 16 heavy (non-hydrogen) atoms. The molecule has 0 fully saturated rings. The highest BCUT2D eigenvalue weighted by Gasteiger charge is 2.05. The zero-order valence-electron chi connectivity index (χ0n) is 8.02. The van der Waals surface area contributed by atoms with Crippen molar-refractivity contribution in [1.82, 2.24) is 9.97 Å². The number of halogens is 2. The molecule has 2 rings (SSSR count). The van der Waals surface area contributed by atoms with Gasteiger partial charge in [-0.25, -0.2) is 9.97 Å². The van der Waals surface area contributed by atoms with Crippen molar-refractivity contribution in [3.63, 3.8) is 0 Å². The van der Waals surface area contributed by atoms with Crippen LogP contribution in [0.2, 0.25) is 5.02 Å². The maximum absolute atomic E-state index is 5.96. The van der Waals surface area contributed by atoms with E-state index in [2.05, 4.69) is 25.9 Å². The van der Waals surface area contributed by atoms with E-state index in [4.69, 9.17) is 22.1 Å². The number of benzene rings is 1. The second kappa shape index (κ2) is 4.67. The summed E-state index contributed by atoms with van der Waals surface area (Å²) in [5, 5.41) is 0.502. The molecule has 0 aliphatic carbocycles. The molecule has 6 heteroatoms. The molecule has 0 bridgehead atoms. The van der Waals surface area contributed by atoms with Crippen LogP contribution >= 0.6 is 27.5 Å². The zero-order valence-corrected chi connectivity index (χ0v) is 10.4. The summed E-state index contributed by atoms with van der Waals surface area (Å²) in [5.41, 5.74) is 5.41. The van der Waals surface area contributed by atoms with E-state index < -0.39 is 0 Å². The predicted molar refractivity (Wildman–Crippen MR) is 65.7 cm³/mol. The summed E-state index contributed by atoms with van der Waals surface area (Å²) in [4.78, 5) is 7.82. The van der Waals surface area contributed by atoms with E-state index in [-0.39, 0.29) is 0 Å². The molecule has 82 valence electrons. The Kier molecular flexibility index (Phi) is 3.26. The van der Waals surface area contributed by atoms with Crippen LogP contribution in [0.5, 0.6) is 11.6 Å². The van der Waals surface area contributed by atoms with Gasteiger partial charge in [0.15, 0.2) is 0 Å². The third-order valence-electron chi connectivity index (χ3n) is 1.76. The van der Waals surface area contributed by atoms with Gasteiger partial charge in [-0.2, -0.15) is 0 Å². The summed E-state index contributed by atoms with van der Waals surface area (Å²) in [5.74, 6) is 1.19. The van der Waals surface area contributed by atoms with Gasteiger partial charge in [0.2, 0.25) is 5.88 Å². The number of rotatable bonds is 2. The molecule has 0 aliphatic heterocycles. The highest BCUT2D eigenvalue weighted by Crippen LogP contribution is 2.30. The molecule has 0 amide bonds. The number of nitrogen functional groups attached to an aromatic ring is 1. The Balaban J connectivity index is 2.26. The van der Waals surface area contributed by atoms with E-state index in [9.17, 15) is 0 Å². The molecule has 0 saturated heterocycles. The Morgan fingerprint density at radius 3 is 2.75 bits per heavy atom. The maximum Gasteiger partial charge on any atom is 0.238 e. The molecule has 0 radical (unpaired) electrons. The molecule has 0 unspecified atom stereocenters. The van der Waals surface area contributed by atoms with Crippen LogP contribution in [0.1, 0.15) is 0 Å². The average Bonchev–Trinajstić information content (AvgIpc) is 2.27. The third kappa shape index (κ3) is 2.62. The summed E-state index contributed by atoms with van der Waals surface area (Å²) in [6, 6.07) is 5.30. The van der Waals surface area contributed by atoms with E-state index in [1.165, 1.54) is 12.4 Å². The van der Waals surface area contributed by atoms with Crippen LogP contribution in [0.4, 0.5) is 5.82 Å². The van der Waals surface area contributed by atoms with Crippen LogP contribution in [0.25, 0.3) is 0 Å². The second-order valence-corrected chi connectivity index (χ2v) is 4.28. The quantitative estimate of drug-likeness (QED) is 0.924. The minimum absolute atomic E-state index is 0.340. The van der Waals surface area contributed by atoms with Gasteiger partial charge in [-0.3, -0.25) is 0 Å². The van der Waals surface area contributed by atoms with Gasteiger partial charge in [0.05, 0.1) is 17.4 Å². The number of hydrogen-bond acceptors (Lipinski definition) is 4. The topological polar surface area (TPSA) is 61.0 Å². The fraction of sp³-hybridized carbons (Fsp3) is 0. The SMILES string of the molecule is Nc1cnc(Oc2cc(Br)ccc2Cl)cn1. The first-order valence-electron chi connectivity index (χ1n) is 4.35. The lowest BCUT2D eigenvalue weighted by Gasteiger charge is -2.06. The predicted octanol–water partition coefficient (Wildman–Crippen LogP) is 3.27. The summed E-state index contributed by atoms with van der Waals surface area (Å²) in [6.45, 7) is 0. The number of hydrogen-bond donors (Lipinski definition) is 1. The summed E-state index contributed by atoms with van der Waals surface area (Å²) >= 11 is 9.29. The van der Waals surface area contributed by atoms with Crippen molar-refractivity contribution in [2.75, 3.05) is 5.73 Å². The lowest BCUT2D eigenvalue weighted by atomic mass is 10.3. The summed E-state index contributed by atoms with van der Waals surface area (Å²) in [7, 11) is 0. The second-order valence-electron chi connectivity index (χ2n) is 2.96. The Labute approximate surface area is 106 Å². The van der Waals surface area contributed by atoms with Gasteiger partial charge in [-0.1, -0.05) is 27.5 Å². The molecule has 0 saturated carbocycles. The number of nitrogens with two attached hydrogens (primary N) is 1. The van der Waals surface area contributed by atoms with E-state index in [0.717, 1.165) is 4.47 Å². The first-order chi connectivity index (χ1) is 7.65. The van der Waals surface area contributed by atoms with Gasteiger partial charge in [-0.15, -0.1) is 0 Å². The van der Waals surface area contributed by atoms with Gasteiger partial charge in [0.1, 0.15) is 11.6 Å². The average molecular weight is 301 g/mol. The molecule has 2 N–H and O–H groups in total. The van der Waals surface area contributed by atoms with Crippen molar-refractivity contribution >= 4 is 33.3 Å². The molecule has 1 aromatic carbocycles. The normalized spacial score (nSPS) is 10.1. The Morgan fingerprint density at radius 2 is 2.06 bits per heavy atom. The van der Waals surface area contributed by atoms with Crippen molar-refractivity contribution in [2.45, 2.75) is 0 Å². The lowest BCUT2D eigenvalue weighted by molar-refractivity contribution is 0.460. The highest BCUT2D eigenvalue weighted by molar-refractivity contribution is 9.10. The lowest BCUT2D eigenvalue weighted by Crippen LogP contribution is -1.94. The van der Waals surface area contributed by atoms with Crippen molar-refractivity contribution in [3.8, 4) is 11.6 Å². The molecular weight excluding hydrogens is 293 g/mol. The van der Waals surface area contributed by atoms with Crippen LogP contribution in [0.3, 0.4) is 0 Å². The van der Waals surface area contributed by atoms with Crippen LogP contribution in [-0.4, -0.2) is 9.97 Å². The van der Waals surface area contributed by atoms with Gasteiger partial charge in [0.25, 0.3) is 0 Å². The minimum atomic E-state index is 0.340. The van der Waals surface area contributed by atoms with Crippen LogP contribution < -0.4 is 10.5 Å². The Hall–Kier alpha value is -1.33. The maximum atomic E-state index is 5.96. The van der Waals surface area contributed by atoms with E-state index >= 15 is 0 Å². The van der Waals surface area contributed by atoms with Gasteiger partial charge < -0.3 is 10.5 Å². The van der Waals surface area contributed by atoms with E-state index in [0.29, 0.717) is 22.5 Å². The molecule has 4 nitrogen and oxygen atoms in total. The van der Waals surface area contributed by atoms with Crippen molar-refractivity contribution in [3.05, 3.63) is 40.1 Å². The fourth-order valence-corrected chi connectivity index (χ4v) is 1.54. The van der Waals surface area contributed by atoms with Crippen molar-refractivity contribution in [1.29, 1.82) is 0 Å². The van der Waals surface area contributed by atoms with Gasteiger partial charge >= 0.3 is 0 Å². The minimum Gasteiger partial charge on any atom is -0.436 e. The largest absolute Gasteiger partial charge is 0.436 e. The number of anilines is 1. The van der Waals surface area contributed by atoms with Crippen LogP contribution in [-0.2, 0) is 0 Å². The smallest absolute Gasteiger partial charge is 0.238 e. The van der Waals surface area contributed by atoms with Crippen LogP contribution in [0, 0.1) is 0 Å². The molecule has 0 spiro atoms. The number of nitrogens with zero attached hydrogens (tertiary/aromatic N) is 2. The van der Waals surface area contributed by atoms with Gasteiger partial charge in [0, 0.05) is 4.47 Å². The molecule has 0 aliphatic rings. The van der Waals surface area contributed by atoms with E-state index in [1.54, 1.807) is 12.1 Å².